The number of benzene rings is 1. The Morgan fingerprint density at radius 3 is 2.71 bits per heavy atom. The van der Waals surface area contributed by atoms with Crippen molar-refractivity contribution in [3.05, 3.63) is 28.2 Å². The summed E-state index contributed by atoms with van der Waals surface area (Å²) in [6, 6.07) is 5.26. The lowest BCUT2D eigenvalue weighted by molar-refractivity contribution is -0.126. The summed E-state index contributed by atoms with van der Waals surface area (Å²) in [6.07, 6.45) is 0.696. The molecule has 1 amide bonds. The van der Waals surface area contributed by atoms with Crippen LogP contribution in [0.5, 0.6) is 5.75 Å². The summed E-state index contributed by atoms with van der Waals surface area (Å²) >= 11 is 3.37. The van der Waals surface area contributed by atoms with E-state index in [1.807, 2.05) is 11.8 Å². The van der Waals surface area contributed by atoms with Crippen molar-refractivity contribution in [2.45, 2.75) is 13.3 Å². The van der Waals surface area contributed by atoms with Crippen molar-refractivity contribution >= 4 is 27.6 Å². The minimum Gasteiger partial charge on any atom is -0.496 e. The molecule has 1 saturated heterocycles. The molecule has 5 nitrogen and oxygen atoms in total. The van der Waals surface area contributed by atoms with Gasteiger partial charge < -0.3 is 10.5 Å². The second-order valence-electron chi connectivity index (χ2n) is 5.66. The molecule has 2 rings (SSSR count). The zero-order valence-corrected chi connectivity index (χ0v) is 13.8. The van der Waals surface area contributed by atoms with E-state index in [0.717, 1.165) is 4.47 Å². The summed E-state index contributed by atoms with van der Waals surface area (Å²) in [7, 11) is 1.58. The maximum Gasteiger partial charge on any atom is 0.224 e. The van der Waals surface area contributed by atoms with E-state index in [2.05, 4.69) is 15.9 Å². The standard InChI is InChI=1S/C15H19BrN2O3/c1-15(14(17)20)5-6-18(9-15)8-12(19)10-3-4-13(21-2)11(16)7-10/h3-4,7H,5-6,8-9H2,1-2H3,(H2,17,20). The zero-order chi connectivity index (χ0) is 15.6. The van der Waals surface area contributed by atoms with Crippen LogP contribution in [0, 0.1) is 5.41 Å². The number of carbonyl (C=O) groups is 2. The van der Waals surface area contributed by atoms with E-state index in [-0.39, 0.29) is 11.7 Å². The molecule has 0 radical (unpaired) electrons. The molecule has 1 aliphatic rings. The number of Topliss-reactive ketones (excluding diaryl/α,β-unsaturated/α-hetero) is 1. The number of methoxy groups -OCH3 is 1. The minimum atomic E-state index is -0.527. The third-order valence-electron chi connectivity index (χ3n) is 3.99. The lowest BCUT2D eigenvalue weighted by Gasteiger charge is -2.20. The molecule has 1 heterocycles. The first-order valence-electron chi connectivity index (χ1n) is 6.75. The highest BCUT2D eigenvalue weighted by Crippen LogP contribution is 2.30. The van der Waals surface area contributed by atoms with Gasteiger partial charge in [0, 0.05) is 12.1 Å². The van der Waals surface area contributed by atoms with Gasteiger partial charge in [-0.2, -0.15) is 0 Å². The smallest absolute Gasteiger partial charge is 0.224 e. The first-order chi connectivity index (χ1) is 9.85. The van der Waals surface area contributed by atoms with Crippen LogP contribution in [0.4, 0.5) is 0 Å². The van der Waals surface area contributed by atoms with Crippen LogP contribution >= 0.6 is 15.9 Å². The highest BCUT2D eigenvalue weighted by molar-refractivity contribution is 9.10. The van der Waals surface area contributed by atoms with Gasteiger partial charge in [0.05, 0.1) is 23.5 Å². The Bertz CT molecular complexity index is 576. The summed E-state index contributed by atoms with van der Waals surface area (Å²) in [5, 5.41) is 0. The molecule has 21 heavy (non-hydrogen) atoms. The fourth-order valence-corrected chi connectivity index (χ4v) is 3.07. The lowest BCUT2D eigenvalue weighted by Crippen LogP contribution is -2.38. The number of nitrogens with zero attached hydrogens (tertiary/aromatic N) is 1. The third kappa shape index (κ3) is 3.44. The van der Waals surface area contributed by atoms with Crippen molar-refractivity contribution in [1.29, 1.82) is 0 Å². The SMILES string of the molecule is COc1ccc(C(=O)CN2CCC(C)(C(N)=O)C2)cc1Br. The maximum absolute atomic E-state index is 12.3. The van der Waals surface area contributed by atoms with Crippen LogP contribution < -0.4 is 10.5 Å². The van der Waals surface area contributed by atoms with Gasteiger partial charge in [0.25, 0.3) is 0 Å². The predicted molar refractivity (Wildman–Crippen MR) is 83.4 cm³/mol. The Kier molecular flexibility index (Phi) is 4.68. The predicted octanol–water partition coefficient (Wildman–Crippen LogP) is 1.84. The molecule has 0 bridgehead atoms. The number of hydrogen-bond acceptors (Lipinski definition) is 4. The molecular formula is C15H19BrN2O3. The largest absolute Gasteiger partial charge is 0.496 e. The normalized spacial score (nSPS) is 22.2. The van der Waals surface area contributed by atoms with Crippen molar-refractivity contribution in [3.8, 4) is 5.75 Å². The summed E-state index contributed by atoms with van der Waals surface area (Å²) in [4.78, 5) is 25.7. The molecule has 1 aromatic rings. The molecule has 2 N–H and O–H groups in total. The van der Waals surface area contributed by atoms with Crippen molar-refractivity contribution in [1.82, 2.24) is 4.90 Å². The van der Waals surface area contributed by atoms with Crippen LogP contribution in [0.25, 0.3) is 0 Å². The van der Waals surface area contributed by atoms with Gasteiger partial charge in [0.2, 0.25) is 5.91 Å². The zero-order valence-electron chi connectivity index (χ0n) is 12.2. The molecule has 114 valence electrons. The van der Waals surface area contributed by atoms with Crippen molar-refractivity contribution in [2.75, 3.05) is 26.7 Å². The molecule has 0 saturated carbocycles. The van der Waals surface area contributed by atoms with Gasteiger partial charge in [-0.15, -0.1) is 0 Å². The number of likely N-dealkylation sites (tertiary alicyclic amines) is 1. The number of rotatable bonds is 5. The Labute approximate surface area is 132 Å². The molecule has 1 aromatic carbocycles. The summed E-state index contributed by atoms with van der Waals surface area (Å²) in [5.74, 6) is 0.408. The van der Waals surface area contributed by atoms with Gasteiger partial charge in [0.15, 0.2) is 5.78 Å². The average molecular weight is 355 g/mol. The first kappa shape index (κ1) is 16.0. The highest BCUT2D eigenvalue weighted by atomic mass is 79.9. The number of ketones is 1. The van der Waals surface area contributed by atoms with Crippen LogP contribution in [-0.2, 0) is 4.79 Å². The van der Waals surface area contributed by atoms with E-state index in [1.165, 1.54) is 0 Å². The average Bonchev–Trinajstić information content (AvgIpc) is 2.81. The molecule has 1 atom stereocenters. The quantitative estimate of drug-likeness (QED) is 0.818. The highest BCUT2D eigenvalue weighted by Gasteiger charge is 2.39. The van der Waals surface area contributed by atoms with Crippen LogP contribution in [0.3, 0.4) is 0 Å². The van der Waals surface area contributed by atoms with Gasteiger partial charge in [-0.3, -0.25) is 14.5 Å². The summed E-state index contributed by atoms with van der Waals surface area (Å²) < 4.78 is 5.90. The third-order valence-corrected chi connectivity index (χ3v) is 4.61. The van der Waals surface area contributed by atoms with E-state index in [1.54, 1.807) is 25.3 Å². The minimum absolute atomic E-state index is 0.0204. The van der Waals surface area contributed by atoms with Gasteiger partial charge in [-0.25, -0.2) is 0 Å². The van der Waals surface area contributed by atoms with E-state index in [9.17, 15) is 9.59 Å². The molecule has 0 aromatic heterocycles. The molecular weight excluding hydrogens is 336 g/mol. The topological polar surface area (TPSA) is 72.6 Å². The molecule has 1 aliphatic heterocycles. The molecule has 1 fully saturated rings. The van der Waals surface area contributed by atoms with E-state index < -0.39 is 5.41 Å². The Morgan fingerprint density at radius 2 is 2.19 bits per heavy atom. The van der Waals surface area contributed by atoms with Gasteiger partial charge in [0.1, 0.15) is 5.75 Å². The van der Waals surface area contributed by atoms with E-state index >= 15 is 0 Å². The number of amides is 1. The summed E-state index contributed by atoms with van der Waals surface area (Å²) in [5.41, 5.74) is 5.51. The fourth-order valence-electron chi connectivity index (χ4n) is 2.53. The van der Waals surface area contributed by atoms with Crippen LogP contribution in [-0.4, -0.2) is 43.3 Å². The van der Waals surface area contributed by atoms with Crippen LogP contribution in [0.1, 0.15) is 23.7 Å². The number of carbonyl (C=O) groups excluding carboxylic acids is 2. The van der Waals surface area contributed by atoms with Crippen molar-refractivity contribution < 1.29 is 14.3 Å². The van der Waals surface area contributed by atoms with Gasteiger partial charge >= 0.3 is 0 Å². The van der Waals surface area contributed by atoms with Crippen LogP contribution in [0.2, 0.25) is 0 Å². The Morgan fingerprint density at radius 1 is 1.48 bits per heavy atom. The van der Waals surface area contributed by atoms with Gasteiger partial charge in [-0.1, -0.05) is 0 Å². The number of nitrogens with two attached hydrogens (primary N) is 1. The second-order valence-corrected chi connectivity index (χ2v) is 6.51. The molecule has 1 unspecified atom stereocenters. The fraction of sp³-hybridized carbons (Fsp3) is 0.467. The second kappa shape index (κ2) is 6.15. The van der Waals surface area contributed by atoms with Crippen LogP contribution in [0.15, 0.2) is 22.7 Å². The molecule has 0 aliphatic carbocycles. The lowest BCUT2D eigenvalue weighted by atomic mass is 9.89. The monoisotopic (exact) mass is 354 g/mol. The molecule has 0 spiro atoms. The van der Waals surface area contributed by atoms with Crippen molar-refractivity contribution in [3.63, 3.8) is 0 Å². The molecule has 6 heteroatoms. The van der Waals surface area contributed by atoms with E-state index in [4.69, 9.17) is 10.5 Å². The first-order valence-corrected chi connectivity index (χ1v) is 7.54. The van der Waals surface area contributed by atoms with Crippen molar-refractivity contribution in [2.24, 2.45) is 11.1 Å². The Hall–Kier alpha value is -1.40. The van der Waals surface area contributed by atoms with E-state index in [0.29, 0.717) is 37.4 Å². The number of hydrogen-bond donors (Lipinski definition) is 1. The Balaban J connectivity index is 2.03. The number of ether oxygens (including phenoxy) is 1. The number of primary amides is 1. The maximum atomic E-state index is 12.3. The summed E-state index contributed by atoms with van der Waals surface area (Å²) in [6.45, 7) is 3.39. The number of halogens is 1. The van der Waals surface area contributed by atoms with Gasteiger partial charge in [-0.05, 0) is 54.0 Å².